The van der Waals surface area contributed by atoms with Crippen molar-refractivity contribution in [2.75, 3.05) is 10.2 Å². The molecule has 1 heterocycles. The lowest BCUT2D eigenvalue weighted by atomic mass is 10.0. The van der Waals surface area contributed by atoms with Gasteiger partial charge in [-0.05, 0) is 35.9 Å². The molecule has 3 rings (SSSR count). The van der Waals surface area contributed by atoms with Crippen molar-refractivity contribution in [1.82, 2.24) is 4.98 Å². The molecular weight excluding hydrogens is 455 g/mol. The largest absolute Gasteiger partial charge is 0.490 e. The first-order valence-corrected chi connectivity index (χ1v) is 9.69. The van der Waals surface area contributed by atoms with Crippen LogP contribution >= 0.6 is 0 Å². The van der Waals surface area contributed by atoms with E-state index in [0.29, 0.717) is 22.3 Å². The van der Waals surface area contributed by atoms with Gasteiger partial charge in [0, 0.05) is 43.6 Å². The third-order valence-corrected chi connectivity index (χ3v) is 4.33. The molecule has 0 atom stereocenters. The molecular formula is C23H20F3N3O5. The number of nitrogens with one attached hydrogen (secondary N) is 1. The van der Waals surface area contributed by atoms with Gasteiger partial charge >= 0.3 is 12.1 Å². The van der Waals surface area contributed by atoms with Crippen LogP contribution in [0.3, 0.4) is 0 Å². The molecule has 0 saturated heterocycles. The smallest absolute Gasteiger partial charge is 0.475 e. The van der Waals surface area contributed by atoms with Crippen molar-refractivity contribution in [2.45, 2.75) is 26.9 Å². The maximum atomic E-state index is 12.0. The number of rotatable bonds is 3. The summed E-state index contributed by atoms with van der Waals surface area (Å²) in [5.74, 6) is -3.61. The minimum Gasteiger partial charge on any atom is -0.475 e. The van der Waals surface area contributed by atoms with Gasteiger partial charge in [0.05, 0.1) is 11.2 Å². The number of carboxylic acids is 1. The first-order chi connectivity index (χ1) is 15.8. The summed E-state index contributed by atoms with van der Waals surface area (Å²) in [5.41, 5.74) is 3.54. The second-order valence-electron chi connectivity index (χ2n) is 7.01. The topological polar surface area (TPSA) is 117 Å². The molecule has 0 bridgehead atoms. The van der Waals surface area contributed by atoms with Crippen molar-refractivity contribution in [3.05, 3.63) is 54.7 Å². The summed E-state index contributed by atoms with van der Waals surface area (Å²) in [6.45, 7) is 4.16. The fourth-order valence-corrected chi connectivity index (χ4v) is 3.03. The van der Waals surface area contributed by atoms with E-state index >= 15 is 0 Å². The van der Waals surface area contributed by atoms with Gasteiger partial charge in [0.2, 0.25) is 17.7 Å². The van der Waals surface area contributed by atoms with Crippen LogP contribution in [0.25, 0.3) is 22.0 Å². The fourth-order valence-electron chi connectivity index (χ4n) is 3.03. The summed E-state index contributed by atoms with van der Waals surface area (Å²) in [6, 6.07) is 14.6. The quantitative estimate of drug-likeness (QED) is 0.580. The number of hydrogen-bond acceptors (Lipinski definition) is 5. The van der Waals surface area contributed by atoms with Gasteiger partial charge in [0.15, 0.2) is 0 Å². The molecule has 11 heteroatoms. The summed E-state index contributed by atoms with van der Waals surface area (Å²) in [4.78, 5) is 49.8. The zero-order valence-electron chi connectivity index (χ0n) is 18.3. The maximum Gasteiger partial charge on any atom is 0.490 e. The number of amides is 3. The van der Waals surface area contributed by atoms with E-state index in [9.17, 15) is 27.6 Å². The zero-order valence-corrected chi connectivity index (χ0v) is 18.3. The minimum absolute atomic E-state index is 0.148. The Balaban J connectivity index is 0.000000509. The lowest BCUT2D eigenvalue weighted by molar-refractivity contribution is -0.192. The highest BCUT2D eigenvalue weighted by atomic mass is 19.4. The molecule has 0 aliphatic heterocycles. The molecule has 0 aliphatic carbocycles. The van der Waals surface area contributed by atoms with Crippen LogP contribution in [0.2, 0.25) is 0 Å². The molecule has 0 aliphatic rings. The molecule has 2 N–H and O–H groups in total. The Hall–Kier alpha value is -4.28. The van der Waals surface area contributed by atoms with Crippen LogP contribution in [0.4, 0.5) is 24.5 Å². The Morgan fingerprint density at radius 2 is 1.50 bits per heavy atom. The Morgan fingerprint density at radius 3 is 2.03 bits per heavy atom. The van der Waals surface area contributed by atoms with E-state index in [0.717, 1.165) is 16.0 Å². The molecule has 0 fully saturated rings. The van der Waals surface area contributed by atoms with E-state index in [-0.39, 0.29) is 17.7 Å². The highest BCUT2D eigenvalue weighted by molar-refractivity contribution is 6.17. The van der Waals surface area contributed by atoms with E-state index in [1.54, 1.807) is 24.4 Å². The van der Waals surface area contributed by atoms with Crippen molar-refractivity contribution in [1.29, 1.82) is 0 Å². The van der Waals surface area contributed by atoms with E-state index in [2.05, 4.69) is 10.3 Å². The number of fused-ring (bicyclic) bond motifs is 1. The summed E-state index contributed by atoms with van der Waals surface area (Å²) < 4.78 is 31.7. The van der Waals surface area contributed by atoms with Gasteiger partial charge < -0.3 is 10.4 Å². The first kappa shape index (κ1) is 26.0. The highest BCUT2D eigenvalue weighted by Crippen LogP contribution is 2.31. The van der Waals surface area contributed by atoms with E-state index in [1.165, 1.54) is 20.8 Å². The summed E-state index contributed by atoms with van der Waals surface area (Å²) in [6.07, 6.45) is -3.36. The normalized spacial score (nSPS) is 10.6. The molecule has 0 radical (unpaired) electrons. The second kappa shape index (κ2) is 10.6. The molecule has 34 heavy (non-hydrogen) atoms. The monoisotopic (exact) mass is 475 g/mol. The molecule has 178 valence electrons. The SMILES string of the molecule is CC(=O)Nc1cccc(-c2cnc3cccc(N(C(C)=O)C(C)=O)c3c2)c1.O=C(O)C(F)(F)F. The lowest BCUT2D eigenvalue weighted by Gasteiger charge is -2.19. The van der Waals surface area contributed by atoms with Crippen molar-refractivity contribution in [3.8, 4) is 11.1 Å². The predicted molar refractivity (Wildman–Crippen MR) is 119 cm³/mol. The number of aliphatic carboxylic acids is 1. The highest BCUT2D eigenvalue weighted by Gasteiger charge is 2.38. The van der Waals surface area contributed by atoms with Crippen LogP contribution in [-0.4, -0.2) is 40.0 Å². The Labute approximate surface area is 192 Å². The molecule has 0 spiro atoms. The van der Waals surface area contributed by atoms with Crippen molar-refractivity contribution < 1.29 is 37.5 Å². The second-order valence-corrected chi connectivity index (χ2v) is 7.01. The number of benzene rings is 2. The molecule has 3 amide bonds. The van der Waals surface area contributed by atoms with Crippen LogP contribution in [0.5, 0.6) is 0 Å². The standard InChI is InChI=1S/C21H19N3O3.C2HF3O2/c1-13(25)23-18-7-4-6-16(10-18)17-11-19-20(22-12-17)8-5-9-21(19)24(14(2)26)15(3)27;3-2(4,5)1(6)7/h4-12H,1-3H3,(H,23,25);(H,6,7). The number of anilines is 2. The number of halogens is 3. The van der Waals surface area contributed by atoms with Gasteiger partial charge in [-0.25, -0.2) is 4.79 Å². The number of pyridine rings is 1. The van der Waals surface area contributed by atoms with Crippen LogP contribution in [-0.2, 0) is 19.2 Å². The fraction of sp³-hybridized carbons (Fsp3) is 0.174. The Kier molecular flexibility index (Phi) is 8.07. The number of hydrogen-bond donors (Lipinski definition) is 2. The minimum atomic E-state index is -5.08. The van der Waals surface area contributed by atoms with Crippen molar-refractivity contribution >= 4 is 46.0 Å². The van der Waals surface area contributed by atoms with Gasteiger partial charge in [-0.1, -0.05) is 18.2 Å². The van der Waals surface area contributed by atoms with Crippen LogP contribution in [0.15, 0.2) is 54.7 Å². The average Bonchev–Trinajstić information content (AvgIpc) is 2.72. The molecule has 0 unspecified atom stereocenters. The zero-order chi connectivity index (χ0) is 25.6. The first-order valence-electron chi connectivity index (χ1n) is 9.69. The predicted octanol–water partition coefficient (Wildman–Crippen LogP) is 4.39. The molecule has 8 nitrogen and oxygen atoms in total. The Bertz CT molecular complexity index is 1240. The maximum absolute atomic E-state index is 12.0. The number of alkyl halides is 3. The average molecular weight is 475 g/mol. The summed E-state index contributed by atoms with van der Waals surface area (Å²) in [5, 5.41) is 10.6. The van der Waals surface area contributed by atoms with Crippen molar-refractivity contribution in [3.63, 3.8) is 0 Å². The van der Waals surface area contributed by atoms with Gasteiger partial charge in [0.25, 0.3) is 0 Å². The summed E-state index contributed by atoms with van der Waals surface area (Å²) >= 11 is 0. The van der Waals surface area contributed by atoms with Gasteiger partial charge in [-0.3, -0.25) is 24.3 Å². The van der Waals surface area contributed by atoms with Crippen LogP contribution in [0, 0.1) is 0 Å². The molecule has 0 saturated carbocycles. The van der Waals surface area contributed by atoms with Crippen molar-refractivity contribution in [2.24, 2.45) is 0 Å². The third-order valence-electron chi connectivity index (χ3n) is 4.33. The van der Waals surface area contributed by atoms with E-state index in [4.69, 9.17) is 9.90 Å². The third kappa shape index (κ3) is 6.61. The number of carbonyl (C=O) groups excluding carboxylic acids is 3. The number of carbonyl (C=O) groups is 4. The molecule has 2 aromatic carbocycles. The Morgan fingerprint density at radius 1 is 0.912 bits per heavy atom. The van der Waals surface area contributed by atoms with Gasteiger partial charge in [-0.15, -0.1) is 0 Å². The molecule has 3 aromatic rings. The number of nitrogens with zero attached hydrogens (tertiary/aromatic N) is 2. The summed E-state index contributed by atoms with van der Waals surface area (Å²) in [7, 11) is 0. The number of aromatic nitrogens is 1. The van der Waals surface area contributed by atoms with E-state index in [1.807, 2.05) is 30.3 Å². The lowest BCUT2D eigenvalue weighted by Crippen LogP contribution is -2.33. The van der Waals surface area contributed by atoms with Crippen LogP contribution < -0.4 is 10.2 Å². The molecule has 1 aromatic heterocycles. The van der Waals surface area contributed by atoms with Gasteiger partial charge in [-0.2, -0.15) is 13.2 Å². The van der Waals surface area contributed by atoms with Gasteiger partial charge in [0.1, 0.15) is 0 Å². The van der Waals surface area contributed by atoms with Crippen LogP contribution in [0.1, 0.15) is 20.8 Å². The number of imide groups is 1. The number of carboxylic acid groups (broad SMARTS) is 1. The van der Waals surface area contributed by atoms with E-state index < -0.39 is 12.1 Å².